The third-order valence-corrected chi connectivity index (χ3v) is 3.51. The molecule has 1 heterocycles. The molecule has 0 radical (unpaired) electrons. The van der Waals surface area contributed by atoms with Crippen LogP contribution < -0.4 is 4.74 Å². The Balaban J connectivity index is 2.02. The van der Waals surface area contributed by atoms with Crippen LogP contribution in [0, 0.1) is 0 Å². The number of ketones is 1. The number of rotatable bonds is 7. The Morgan fingerprint density at radius 2 is 1.90 bits per heavy atom. The summed E-state index contributed by atoms with van der Waals surface area (Å²) in [4.78, 5) is 12.2. The molecule has 0 aliphatic carbocycles. The highest BCUT2D eigenvalue weighted by molar-refractivity contribution is 5.82. The predicted octanol–water partition coefficient (Wildman–Crippen LogP) is 2.83. The highest BCUT2D eigenvalue weighted by atomic mass is 16.5. The van der Waals surface area contributed by atoms with E-state index >= 15 is 0 Å². The lowest BCUT2D eigenvalue weighted by atomic mass is 10.1. The SMILES string of the molecule is CCc1cc(CC(=O)Cc2ccc(OC)cc2)n(CC)n1. The van der Waals surface area contributed by atoms with Crippen molar-refractivity contribution in [3.05, 3.63) is 47.3 Å². The minimum absolute atomic E-state index is 0.206. The molecular formula is C17H22N2O2. The van der Waals surface area contributed by atoms with Crippen molar-refractivity contribution in [2.24, 2.45) is 0 Å². The van der Waals surface area contributed by atoms with Gasteiger partial charge in [-0.1, -0.05) is 19.1 Å². The van der Waals surface area contributed by atoms with E-state index in [1.165, 1.54) is 0 Å². The maximum Gasteiger partial charge on any atom is 0.143 e. The van der Waals surface area contributed by atoms with Crippen LogP contribution in [-0.4, -0.2) is 22.7 Å². The van der Waals surface area contributed by atoms with Gasteiger partial charge in [0.05, 0.1) is 12.8 Å². The minimum Gasteiger partial charge on any atom is -0.497 e. The lowest BCUT2D eigenvalue weighted by Crippen LogP contribution is -2.11. The van der Waals surface area contributed by atoms with Crippen molar-refractivity contribution >= 4 is 5.78 Å². The maximum atomic E-state index is 12.2. The zero-order valence-electron chi connectivity index (χ0n) is 12.9. The average Bonchev–Trinajstić information content (AvgIpc) is 2.90. The van der Waals surface area contributed by atoms with Crippen molar-refractivity contribution in [3.8, 4) is 5.75 Å². The molecule has 2 aromatic rings. The lowest BCUT2D eigenvalue weighted by molar-refractivity contribution is -0.117. The maximum absolute atomic E-state index is 12.2. The van der Waals surface area contributed by atoms with Crippen LogP contribution in [0.2, 0.25) is 0 Å². The van der Waals surface area contributed by atoms with Crippen LogP contribution in [0.5, 0.6) is 5.75 Å². The average molecular weight is 286 g/mol. The van der Waals surface area contributed by atoms with Gasteiger partial charge in [-0.2, -0.15) is 5.10 Å². The number of carbonyl (C=O) groups is 1. The summed E-state index contributed by atoms with van der Waals surface area (Å²) in [6.07, 6.45) is 1.78. The van der Waals surface area contributed by atoms with Crippen LogP contribution in [0.25, 0.3) is 0 Å². The molecular weight excluding hydrogens is 264 g/mol. The van der Waals surface area contributed by atoms with Gasteiger partial charge in [0, 0.05) is 25.1 Å². The monoisotopic (exact) mass is 286 g/mol. The van der Waals surface area contributed by atoms with Gasteiger partial charge in [-0.15, -0.1) is 0 Å². The van der Waals surface area contributed by atoms with Crippen LogP contribution >= 0.6 is 0 Å². The molecule has 0 atom stereocenters. The van der Waals surface area contributed by atoms with E-state index in [-0.39, 0.29) is 5.78 Å². The largest absolute Gasteiger partial charge is 0.497 e. The first kappa shape index (κ1) is 15.3. The molecule has 2 rings (SSSR count). The van der Waals surface area contributed by atoms with Gasteiger partial charge in [-0.3, -0.25) is 9.48 Å². The van der Waals surface area contributed by atoms with E-state index in [1.807, 2.05) is 41.9 Å². The standard InChI is InChI=1S/C17H22N2O2/c1-4-14-11-15(19(5-2)18-14)12-16(20)10-13-6-8-17(21-3)9-7-13/h6-9,11H,4-5,10,12H2,1-3H3. The minimum atomic E-state index is 0.206. The van der Waals surface area contributed by atoms with Crippen molar-refractivity contribution in [2.45, 2.75) is 39.7 Å². The van der Waals surface area contributed by atoms with Crippen molar-refractivity contribution in [1.29, 1.82) is 0 Å². The predicted molar refractivity (Wildman–Crippen MR) is 82.7 cm³/mol. The summed E-state index contributed by atoms with van der Waals surface area (Å²) in [5.74, 6) is 1.01. The molecule has 1 aromatic carbocycles. The van der Waals surface area contributed by atoms with Gasteiger partial charge in [-0.25, -0.2) is 0 Å². The first-order chi connectivity index (χ1) is 10.2. The Morgan fingerprint density at radius 3 is 2.48 bits per heavy atom. The van der Waals surface area contributed by atoms with E-state index in [9.17, 15) is 4.79 Å². The number of methoxy groups -OCH3 is 1. The summed E-state index contributed by atoms with van der Waals surface area (Å²) in [7, 11) is 1.64. The van der Waals surface area contributed by atoms with E-state index < -0.39 is 0 Å². The van der Waals surface area contributed by atoms with Crippen LogP contribution in [0.3, 0.4) is 0 Å². The zero-order valence-corrected chi connectivity index (χ0v) is 12.9. The van der Waals surface area contributed by atoms with E-state index in [0.29, 0.717) is 12.8 Å². The highest BCUT2D eigenvalue weighted by Crippen LogP contribution is 2.13. The molecule has 0 fully saturated rings. The fourth-order valence-corrected chi connectivity index (χ4v) is 2.34. The molecule has 0 unspecified atom stereocenters. The molecule has 4 nitrogen and oxygen atoms in total. The van der Waals surface area contributed by atoms with Gasteiger partial charge in [0.15, 0.2) is 0 Å². The third-order valence-electron chi connectivity index (χ3n) is 3.51. The van der Waals surface area contributed by atoms with Crippen molar-refractivity contribution in [1.82, 2.24) is 9.78 Å². The third kappa shape index (κ3) is 3.94. The number of aromatic nitrogens is 2. The van der Waals surface area contributed by atoms with Crippen LogP contribution in [0.4, 0.5) is 0 Å². The van der Waals surface area contributed by atoms with E-state index in [2.05, 4.69) is 12.0 Å². The molecule has 0 spiro atoms. The summed E-state index contributed by atoms with van der Waals surface area (Å²) in [6.45, 7) is 4.92. The number of Topliss-reactive ketones (excluding diaryl/α,β-unsaturated/α-hetero) is 1. The van der Waals surface area contributed by atoms with Crippen LogP contribution in [0.15, 0.2) is 30.3 Å². The molecule has 0 aliphatic heterocycles. The summed E-state index contributed by atoms with van der Waals surface area (Å²) >= 11 is 0. The van der Waals surface area contributed by atoms with E-state index in [1.54, 1.807) is 7.11 Å². The van der Waals surface area contributed by atoms with Gasteiger partial charge in [0.2, 0.25) is 0 Å². The Kier molecular flexibility index (Phi) is 5.14. The number of nitrogens with zero attached hydrogens (tertiary/aromatic N) is 2. The molecule has 0 saturated heterocycles. The van der Waals surface area contributed by atoms with Gasteiger partial charge in [0.1, 0.15) is 11.5 Å². The van der Waals surface area contributed by atoms with Crippen LogP contribution in [-0.2, 0) is 30.6 Å². The normalized spacial score (nSPS) is 10.6. The summed E-state index contributed by atoms with van der Waals surface area (Å²) in [5, 5.41) is 4.48. The van der Waals surface area contributed by atoms with Gasteiger partial charge < -0.3 is 4.74 Å². The molecule has 0 amide bonds. The Bertz CT molecular complexity index is 600. The van der Waals surface area contributed by atoms with E-state index in [0.717, 1.165) is 35.7 Å². The summed E-state index contributed by atoms with van der Waals surface area (Å²) in [5.41, 5.74) is 3.07. The fraction of sp³-hybridized carbons (Fsp3) is 0.412. The first-order valence-corrected chi connectivity index (χ1v) is 7.36. The highest BCUT2D eigenvalue weighted by Gasteiger charge is 2.11. The number of hydrogen-bond donors (Lipinski definition) is 0. The molecule has 21 heavy (non-hydrogen) atoms. The van der Waals surface area contributed by atoms with Crippen molar-refractivity contribution < 1.29 is 9.53 Å². The van der Waals surface area contributed by atoms with Crippen LogP contribution in [0.1, 0.15) is 30.8 Å². The molecule has 0 N–H and O–H groups in total. The molecule has 112 valence electrons. The number of hydrogen-bond acceptors (Lipinski definition) is 3. The summed E-state index contributed by atoms with van der Waals surface area (Å²) < 4.78 is 7.04. The van der Waals surface area contributed by atoms with Crippen molar-refractivity contribution in [3.63, 3.8) is 0 Å². The Labute approximate surface area is 125 Å². The Hall–Kier alpha value is -2.10. The van der Waals surface area contributed by atoms with Gasteiger partial charge in [0.25, 0.3) is 0 Å². The molecule has 0 saturated carbocycles. The first-order valence-electron chi connectivity index (χ1n) is 7.36. The van der Waals surface area contributed by atoms with E-state index in [4.69, 9.17) is 4.74 Å². The fourth-order valence-electron chi connectivity index (χ4n) is 2.34. The van der Waals surface area contributed by atoms with Gasteiger partial charge >= 0.3 is 0 Å². The van der Waals surface area contributed by atoms with Crippen molar-refractivity contribution in [2.75, 3.05) is 7.11 Å². The summed E-state index contributed by atoms with van der Waals surface area (Å²) in [6, 6.07) is 9.67. The molecule has 0 aliphatic rings. The second-order valence-electron chi connectivity index (χ2n) is 5.04. The lowest BCUT2D eigenvalue weighted by Gasteiger charge is -2.05. The van der Waals surface area contributed by atoms with Gasteiger partial charge in [-0.05, 0) is 37.1 Å². The number of benzene rings is 1. The second kappa shape index (κ2) is 7.07. The molecule has 4 heteroatoms. The molecule has 1 aromatic heterocycles. The number of carbonyl (C=O) groups excluding carboxylic acids is 1. The number of ether oxygens (including phenoxy) is 1. The number of aryl methyl sites for hydroxylation is 2. The topological polar surface area (TPSA) is 44.1 Å². The quantitative estimate of drug-likeness (QED) is 0.786. The smallest absolute Gasteiger partial charge is 0.143 e. The second-order valence-corrected chi connectivity index (χ2v) is 5.04. The Morgan fingerprint density at radius 1 is 1.19 bits per heavy atom. The zero-order chi connectivity index (χ0) is 15.2. The molecule has 0 bridgehead atoms.